The summed E-state index contributed by atoms with van der Waals surface area (Å²) in [4.78, 5) is 40.0. The molecule has 3 aromatic rings. The Morgan fingerprint density at radius 3 is 2.55 bits per heavy atom. The van der Waals surface area contributed by atoms with E-state index in [1.165, 1.54) is 23.2 Å². The Balaban J connectivity index is 1.73. The third kappa shape index (κ3) is 4.92. The van der Waals surface area contributed by atoms with E-state index in [2.05, 4.69) is 4.98 Å². The van der Waals surface area contributed by atoms with Gasteiger partial charge in [-0.1, -0.05) is 6.07 Å². The van der Waals surface area contributed by atoms with Gasteiger partial charge < -0.3 is 4.74 Å². The summed E-state index contributed by atoms with van der Waals surface area (Å²) in [5.41, 5.74) is 2.34. The lowest BCUT2D eigenvalue weighted by Crippen LogP contribution is -2.22. The highest BCUT2D eigenvalue weighted by Gasteiger charge is 2.20. The average Bonchev–Trinajstić information content (AvgIpc) is 3.16. The molecule has 3 rings (SSSR count). The smallest absolute Gasteiger partial charge is 0.338 e. The fourth-order valence-electron chi connectivity index (χ4n) is 2.76. The summed E-state index contributed by atoms with van der Waals surface area (Å²) < 4.78 is 18.8. The number of thiazole rings is 1. The molecule has 0 N–H and O–H groups in total. The number of carbonyl (C=O) groups excluding carboxylic acids is 2. The molecule has 0 saturated carbocycles. The first-order valence-electron chi connectivity index (χ1n) is 9.10. The summed E-state index contributed by atoms with van der Waals surface area (Å²) in [6.07, 6.45) is 0. The number of aryl methyl sites for hydroxylation is 2. The van der Waals surface area contributed by atoms with Crippen molar-refractivity contribution in [1.82, 2.24) is 4.98 Å². The van der Waals surface area contributed by atoms with Crippen LogP contribution in [0.1, 0.15) is 34.1 Å². The van der Waals surface area contributed by atoms with Crippen molar-refractivity contribution >= 4 is 39.7 Å². The molecular weight excluding hydrogens is 425 g/mol. The number of anilines is 2. The van der Waals surface area contributed by atoms with Crippen LogP contribution in [-0.2, 0) is 16.1 Å². The molecule has 2 aromatic carbocycles. The maximum atomic E-state index is 13.7. The number of halogens is 1. The van der Waals surface area contributed by atoms with E-state index < -0.39 is 22.4 Å². The Labute approximate surface area is 181 Å². The number of amides is 1. The third-order valence-electron chi connectivity index (χ3n) is 4.53. The maximum absolute atomic E-state index is 13.7. The summed E-state index contributed by atoms with van der Waals surface area (Å²) >= 11 is 1.21. The third-order valence-corrected chi connectivity index (χ3v) is 5.40. The Hall–Kier alpha value is -3.66. The van der Waals surface area contributed by atoms with Gasteiger partial charge in [-0.3, -0.25) is 19.8 Å². The van der Waals surface area contributed by atoms with Gasteiger partial charge in [0.05, 0.1) is 21.9 Å². The van der Waals surface area contributed by atoms with Crippen molar-refractivity contribution in [2.45, 2.75) is 27.4 Å². The zero-order chi connectivity index (χ0) is 22.7. The zero-order valence-corrected chi connectivity index (χ0v) is 17.7. The van der Waals surface area contributed by atoms with Gasteiger partial charge in [-0.25, -0.2) is 9.78 Å². The minimum absolute atomic E-state index is 0.154. The molecule has 1 aromatic heterocycles. The number of hydrogen-bond donors (Lipinski definition) is 0. The van der Waals surface area contributed by atoms with Crippen molar-refractivity contribution in [1.29, 1.82) is 0 Å². The lowest BCUT2D eigenvalue weighted by atomic mass is 10.1. The molecule has 0 bridgehead atoms. The molecule has 0 aliphatic carbocycles. The molecule has 0 unspecified atom stereocenters. The topological polar surface area (TPSA) is 103 Å². The van der Waals surface area contributed by atoms with Crippen LogP contribution in [-0.4, -0.2) is 21.8 Å². The predicted molar refractivity (Wildman–Crippen MR) is 113 cm³/mol. The van der Waals surface area contributed by atoms with Crippen LogP contribution in [0.3, 0.4) is 0 Å². The van der Waals surface area contributed by atoms with Crippen molar-refractivity contribution < 1.29 is 23.6 Å². The SMILES string of the molecule is CC(=O)N(c1ccc(C)c(C)c1)c1nc(COC(=O)c2ccc([N+](=O)[O-])c(F)c2)cs1. The number of rotatable bonds is 6. The first kappa shape index (κ1) is 22.0. The van der Waals surface area contributed by atoms with Crippen LogP contribution < -0.4 is 4.90 Å². The number of carbonyl (C=O) groups is 2. The highest BCUT2D eigenvalue weighted by atomic mass is 32.1. The van der Waals surface area contributed by atoms with Gasteiger partial charge in [0.15, 0.2) is 5.13 Å². The van der Waals surface area contributed by atoms with Gasteiger partial charge in [0.1, 0.15) is 6.61 Å². The number of ether oxygens (including phenoxy) is 1. The standard InChI is InChI=1S/C21H18FN3O5S/c1-12-4-6-17(8-13(12)2)24(14(3)26)21-23-16(11-31-21)10-30-20(27)15-5-7-19(25(28)29)18(22)9-15/h4-9,11H,10H2,1-3H3. The van der Waals surface area contributed by atoms with Crippen LogP contribution in [0.25, 0.3) is 0 Å². The van der Waals surface area contributed by atoms with Crippen LogP contribution in [0, 0.1) is 29.8 Å². The number of benzene rings is 2. The molecule has 0 radical (unpaired) electrons. The summed E-state index contributed by atoms with van der Waals surface area (Å²) in [7, 11) is 0. The fraction of sp³-hybridized carbons (Fsp3) is 0.190. The second-order valence-electron chi connectivity index (χ2n) is 6.74. The normalized spacial score (nSPS) is 10.6. The minimum Gasteiger partial charge on any atom is -0.456 e. The zero-order valence-electron chi connectivity index (χ0n) is 16.9. The Bertz CT molecular complexity index is 1180. The van der Waals surface area contributed by atoms with E-state index in [1.54, 1.807) is 5.38 Å². The molecule has 0 saturated heterocycles. The number of aromatic nitrogens is 1. The van der Waals surface area contributed by atoms with Gasteiger partial charge >= 0.3 is 11.7 Å². The van der Waals surface area contributed by atoms with Gasteiger partial charge in [-0.2, -0.15) is 4.39 Å². The quantitative estimate of drug-likeness (QED) is 0.307. The van der Waals surface area contributed by atoms with Gasteiger partial charge in [0.25, 0.3) is 0 Å². The first-order chi connectivity index (χ1) is 14.7. The molecule has 0 fully saturated rings. The molecular formula is C21H18FN3O5S. The second-order valence-corrected chi connectivity index (χ2v) is 7.58. The Kier molecular flexibility index (Phi) is 6.40. The molecule has 10 heteroatoms. The minimum atomic E-state index is -1.12. The molecule has 0 aliphatic heterocycles. The number of hydrogen-bond acceptors (Lipinski definition) is 7. The van der Waals surface area contributed by atoms with E-state index in [4.69, 9.17) is 4.74 Å². The second kappa shape index (κ2) is 9.00. The lowest BCUT2D eigenvalue weighted by molar-refractivity contribution is -0.387. The summed E-state index contributed by atoms with van der Waals surface area (Å²) in [6, 6.07) is 8.41. The molecule has 31 heavy (non-hydrogen) atoms. The molecule has 1 amide bonds. The fourth-order valence-corrected chi connectivity index (χ4v) is 3.63. The summed E-state index contributed by atoms with van der Waals surface area (Å²) in [5, 5.41) is 12.7. The number of nitrogens with zero attached hydrogens (tertiary/aromatic N) is 3. The summed E-state index contributed by atoms with van der Waals surface area (Å²) in [6.45, 7) is 5.15. The largest absolute Gasteiger partial charge is 0.456 e. The van der Waals surface area contributed by atoms with Gasteiger partial charge in [0.2, 0.25) is 11.7 Å². The van der Waals surface area contributed by atoms with E-state index in [0.29, 0.717) is 16.5 Å². The number of esters is 1. The molecule has 0 aliphatic rings. The molecule has 0 atom stereocenters. The molecule has 0 spiro atoms. The monoisotopic (exact) mass is 443 g/mol. The van der Waals surface area contributed by atoms with Crippen LogP contribution in [0.5, 0.6) is 0 Å². The lowest BCUT2D eigenvalue weighted by Gasteiger charge is -2.19. The van der Waals surface area contributed by atoms with Crippen LogP contribution in [0.15, 0.2) is 41.8 Å². The van der Waals surface area contributed by atoms with Crippen molar-refractivity contribution in [3.63, 3.8) is 0 Å². The highest BCUT2D eigenvalue weighted by molar-refractivity contribution is 7.14. The predicted octanol–water partition coefficient (Wildman–Crippen LogP) is 4.85. The molecule has 1 heterocycles. The highest BCUT2D eigenvalue weighted by Crippen LogP contribution is 2.30. The Morgan fingerprint density at radius 2 is 1.94 bits per heavy atom. The molecule has 160 valence electrons. The average molecular weight is 443 g/mol. The van der Waals surface area contributed by atoms with Crippen molar-refractivity contribution in [2.24, 2.45) is 0 Å². The maximum Gasteiger partial charge on any atom is 0.338 e. The number of nitro benzene ring substituents is 1. The number of nitro groups is 1. The van der Waals surface area contributed by atoms with Crippen molar-refractivity contribution in [3.8, 4) is 0 Å². The summed E-state index contributed by atoms with van der Waals surface area (Å²) in [5.74, 6) is -2.19. The van der Waals surface area contributed by atoms with Gasteiger partial charge in [-0.05, 0) is 49.2 Å². The van der Waals surface area contributed by atoms with Crippen molar-refractivity contribution in [3.05, 3.63) is 80.1 Å². The van der Waals surface area contributed by atoms with Gasteiger partial charge in [0, 0.05) is 18.4 Å². The van der Waals surface area contributed by atoms with E-state index in [0.717, 1.165) is 29.3 Å². The van der Waals surface area contributed by atoms with Crippen LogP contribution >= 0.6 is 11.3 Å². The van der Waals surface area contributed by atoms with E-state index in [-0.39, 0.29) is 18.1 Å². The molecule has 8 nitrogen and oxygen atoms in total. The Morgan fingerprint density at radius 1 is 1.19 bits per heavy atom. The van der Waals surface area contributed by atoms with E-state index in [1.807, 2.05) is 32.0 Å². The van der Waals surface area contributed by atoms with E-state index >= 15 is 0 Å². The van der Waals surface area contributed by atoms with E-state index in [9.17, 15) is 24.1 Å². The van der Waals surface area contributed by atoms with Crippen LogP contribution in [0.2, 0.25) is 0 Å². The first-order valence-corrected chi connectivity index (χ1v) is 9.98. The van der Waals surface area contributed by atoms with Crippen molar-refractivity contribution in [2.75, 3.05) is 4.90 Å². The van der Waals surface area contributed by atoms with Crippen LogP contribution in [0.4, 0.5) is 20.9 Å². The van der Waals surface area contributed by atoms with Gasteiger partial charge in [-0.15, -0.1) is 11.3 Å².